The Balaban J connectivity index is 0.00000162. The van der Waals surface area contributed by atoms with Gasteiger partial charge >= 0.3 is 39.2 Å². The molecule has 0 radical (unpaired) electrons. The van der Waals surface area contributed by atoms with Crippen LogP contribution < -0.4 is 41.4 Å². The van der Waals surface area contributed by atoms with Crippen LogP contribution in [0.3, 0.4) is 0 Å². The van der Waals surface area contributed by atoms with Crippen molar-refractivity contribution in [2.75, 3.05) is 95.1 Å². The molecule has 0 aliphatic carbocycles. The standard InChI is InChI=1S/C33H44I2N8O10S4.C4H7NO/c34-56-20-18-54-32-22-4-6-24(42(32)51)30(49)39-11-16-53-17-12-40-31(50)25-7-5-23(33(43(25)52)55-19-21-57-35)29(48)38-10-15-41(14-9-37-28(22)47)13-8-36-26(44)2-1-3-27(45)46;6-4-2-1-3-5-4/h4-7H,1-3,8-21H2,(H6-2,36,37,38,39,40,44,45,46,47,48,49,50,51,52);1-3H2,(H,5,6)/p+2. The number of nitrogens with zero attached hydrogens (tertiary/aromatic N) is 3. The van der Waals surface area contributed by atoms with Crippen molar-refractivity contribution in [1.29, 1.82) is 0 Å². The van der Waals surface area contributed by atoms with Crippen LogP contribution >= 0.6 is 83.8 Å². The molecular weight excluding hydrogens is 1130 g/mol. The predicted octanol–water partition coefficient (Wildman–Crippen LogP) is 1.31. The quantitative estimate of drug-likeness (QED) is 0.0400. The molecule has 0 atom stereocenters. The van der Waals surface area contributed by atoms with Crippen LogP contribution in [0.2, 0.25) is 0 Å². The molecule has 0 unspecified atom stereocenters. The number of nitrogens with one attached hydrogen (secondary N) is 6. The lowest BCUT2D eigenvalue weighted by atomic mass is 10.2. The summed E-state index contributed by atoms with van der Waals surface area (Å²) in [6, 6.07) is 5.65. The molecule has 20 nitrogen and oxygen atoms in total. The van der Waals surface area contributed by atoms with E-state index in [1.54, 1.807) is 17.9 Å². The summed E-state index contributed by atoms with van der Waals surface area (Å²) in [7, 11) is 3.12. The van der Waals surface area contributed by atoms with Gasteiger partial charge in [0.2, 0.25) is 11.8 Å². The number of pyridine rings is 2. The third-order valence-corrected chi connectivity index (χ3v) is 14.8. The first kappa shape index (κ1) is 54.3. The number of halogens is 2. The van der Waals surface area contributed by atoms with E-state index in [0.717, 1.165) is 19.4 Å². The Hall–Kier alpha value is -3.03. The van der Waals surface area contributed by atoms with Gasteiger partial charge in [0.15, 0.2) is 0 Å². The minimum Gasteiger partial charge on any atom is -0.481 e. The maximum absolute atomic E-state index is 13.5. The van der Waals surface area contributed by atoms with Crippen LogP contribution in [0.15, 0.2) is 34.3 Å². The number of hydrogen-bond acceptors (Lipinski definition) is 15. The summed E-state index contributed by atoms with van der Waals surface area (Å²) in [6.45, 7) is 2.67. The van der Waals surface area contributed by atoms with Crippen LogP contribution in [-0.4, -0.2) is 157 Å². The maximum atomic E-state index is 13.5. The Morgan fingerprint density at radius 1 is 0.698 bits per heavy atom. The van der Waals surface area contributed by atoms with E-state index in [1.807, 2.05) is 4.90 Å². The summed E-state index contributed by atoms with van der Waals surface area (Å²) in [4.78, 5) is 88.3. The summed E-state index contributed by atoms with van der Waals surface area (Å²) in [5.41, 5.74) is 0.151. The van der Waals surface area contributed by atoms with E-state index < -0.39 is 29.6 Å². The normalized spacial score (nSPS) is 15.9. The van der Waals surface area contributed by atoms with Crippen molar-refractivity contribution in [2.24, 2.45) is 0 Å². The highest BCUT2D eigenvalue weighted by molar-refractivity contribution is 14.2. The smallest absolute Gasteiger partial charge is 0.322 e. The highest BCUT2D eigenvalue weighted by Crippen LogP contribution is 2.24. The molecular formula is C37H53I2N9O11S4+2. The second-order valence-electron chi connectivity index (χ2n) is 13.4. The van der Waals surface area contributed by atoms with Gasteiger partial charge in [-0.05, 0) is 67.4 Å². The van der Waals surface area contributed by atoms with E-state index in [-0.39, 0.29) is 110 Å². The monoisotopic (exact) mass is 1180 g/mol. The van der Waals surface area contributed by atoms with Crippen molar-refractivity contribution in [3.05, 3.63) is 46.8 Å². The number of thioether (sulfide) groups is 2. The molecule has 5 aliphatic rings. The van der Waals surface area contributed by atoms with E-state index in [9.17, 15) is 44.0 Å². The van der Waals surface area contributed by atoms with E-state index in [2.05, 4.69) is 74.3 Å². The summed E-state index contributed by atoms with van der Waals surface area (Å²) in [6.07, 6.45) is 1.89. The zero-order valence-corrected chi connectivity index (χ0v) is 41.9. The molecule has 348 valence electrons. The molecule has 0 spiro atoms. The predicted molar refractivity (Wildman–Crippen MR) is 255 cm³/mol. The fourth-order valence-electron chi connectivity index (χ4n) is 5.71. The van der Waals surface area contributed by atoms with Crippen LogP contribution in [0.25, 0.3) is 0 Å². The van der Waals surface area contributed by atoms with E-state index in [0.29, 0.717) is 52.1 Å². The average Bonchev–Trinajstić information content (AvgIpc) is 3.74. The van der Waals surface area contributed by atoms with Gasteiger partial charge in [-0.3, -0.25) is 48.9 Å². The molecule has 63 heavy (non-hydrogen) atoms. The number of carboxylic acids is 1. The van der Waals surface area contributed by atoms with Gasteiger partial charge in [-0.1, -0.05) is 41.4 Å². The first-order chi connectivity index (χ1) is 30.4. The molecule has 7 heterocycles. The lowest BCUT2D eigenvalue weighted by Crippen LogP contribution is -2.47. The van der Waals surface area contributed by atoms with Gasteiger partial charge in [0, 0.05) is 123 Å². The topological polar surface area (TPSA) is 273 Å². The number of amides is 6. The number of ether oxygens (including phenoxy) is 1. The number of aromatic nitrogens is 2. The molecule has 1 fully saturated rings. The Labute approximate surface area is 406 Å². The largest absolute Gasteiger partial charge is 0.481 e. The molecule has 0 aromatic carbocycles. The van der Waals surface area contributed by atoms with Crippen molar-refractivity contribution < 1.29 is 63.3 Å². The van der Waals surface area contributed by atoms with Gasteiger partial charge in [0.25, 0.3) is 11.8 Å². The average molecular weight is 1180 g/mol. The van der Waals surface area contributed by atoms with Crippen LogP contribution in [0.4, 0.5) is 0 Å². The number of carbonyl (C=O) groups is 7. The number of hydrogen-bond donors (Lipinski definition) is 9. The van der Waals surface area contributed by atoms with Gasteiger partial charge in [-0.2, -0.15) is 0 Å². The van der Waals surface area contributed by atoms with E-state index in [1.165, 1.54) is 47.8 Å². The molecule has 2 aromatic rings. The Morgan fingerprint density at radius 3 is 1.63 bits per heavy atom. The summed E-state index contributed by atoms with van der Waals surface area (Å²) < 4.78 is 6.95. The molecule has 9 N–H and O–H groups in total. The van der Waals surface area contributed by atoms with Crippen LogP contribution in [-0.2, 0) is 19.1 Å². The molecule has 26 heteroatoms. The van der Waals surface area contributed by atoms with Gasteiger partial charge in [0.1, 0.15) is 11.1 Å². The summed E-state index contributed by atoms with van der Waals surface area (Å²) >= 11 is 6.75. The van der Waals surface area contributed by atoms with Crippen LogP contribution in [0.5, 0.6) is 0 Å². The fraction of sp³-hybridized carbons (Fsp3) is 0.541. The van der Waals surface area contributed by atoms with E-state index in [4.69, 9.17) is 9.84 Å². The molecule has 0 saturated carbocycles. The van der Waals surface area contributed by atoms with Gasteiger partial charge < -0.3 is 41.7 Å². The van der Waals surface area contributed by atoms with Crippen LogP contribution in [0, 0.1) is 0 Å². The molecule has 4 bridgehead atoms. The number of carbonyl (C=O) groups excluding carboxylic acids is 6. The number of aliphatic carboxylic acids is 1. The van der Waals surface area contributed by atoms with Crippen molar-refractivity contribution in [2.45, 2.75) is 42.2 Å². The lowest BCUT2D eigenvalue weighted by Gasteiger charge is -2.23. The van der Waals surface area contributed by atoms with Crippen molar-refractivity contribution >= 4 is 125 Å². The van der Waals surface area contributed by atoms with Crippen LogP contribution in [0.1, 0.15) is 73.8 Å². The van der Waals surface area contributed by atoms with Gasteiger partial charge in [0.05, 0.1) is 13.2 Å². The molecule has 2 aromatic heterocycles. The van der Waals surface area contributed by atoms with Gasteiger partial charge in [-0.15, -0.1) is 0 Å². The first-order valence-electron chi connectivity index (χ1n) is 19.8. The zero-order valence-electron chi connectivity index (χ0n) is 34.3. The summed E-state index contributed by atoms with van der Waals surface area (Å²) in [5.74, 6) is -0.712. The van der Waals surface area contributed by atoms with Gasteiger partial charge in [-0.25, -0.2) is 0 Å². The Bertz CT molecular complexity index is 1780. The lowest BCUT2D eigenvalue weighted by molar-refractivity contribution is -0.933. The minimum absolute atomic E-state index is 0.0528. The van der Waals surface area contributed by atoms with Crippen molar-refractivity contribution in [3.63, 3.8) is 0 Å². The fourth-order valence-corrected chi connectivity index (χ4v) is 11.6. The van der Waals surface area contributed by atoms with Crippen molar-refractivity contribution in [1.82, 2.24) is 36.8 Å². The molecule has 7 rings (SSSR count). The highest BCUT2D eigenvalue weighted by Gasteiger charge is 2.32. The summed E-state index contributed by atoms with van der Waals surface area (Å²) in [5, 5.41) is 48.0. The third kappa shape index (κ3) is 19.9. The second-order valence-corrected chi connectivity index (χ2v) is 20.5. The molecule has 1 saturated heterocycles. The third-order valence-electron chi connectivity index (χ3n) is 8.81. The van der Waals surface area contributed by atoms with Crippen molar-refractivity contribution in [3.8, 4) is 0 Å². The number of rotatable bonds is 15. The molecule has 6 amide bonds. The zero-order chi connectivity index (χ0) is 46.0. The Morgan fingerprint density at radius 2 is 1.21 bits per heavy atom. The minimum atomic E-state index is -0.986. The van der Waals surface area contributed by atoms with E-state index >= 15 is 0 Å². The highest BCUT2D eigenvalue weighted by atomic mass is 127. The second kappa shape index (κ2) is 31.0. The first-order valence-corrected chi connectivity index (χ1v) is 28.9. The molecule has 5 aliphatic heterocycles. The number of carboxylic acid groups (broad SMARTS) is 1. The maximum Gasteiger partial charge on any atom is 0.322 e. The SMILES string of the molecule is O=C(O)CCCC(=O)NCCN1CCNC(=O)c2ccc([n+](O)c2SCCSI)C(=O)NCCOCCNC(=O)c2ccc(c(SCCSI)[n+]2O)C(=O)NCC1.O=C1CCCN1. The Kier molecular flexibility index (Phi) is 26.7.